The summed E-state index contributed by atoms with van der Waals surface area (Å²) in [7, 11) is 0. The van der Waals surface area contributed by atoms with Crippen molar-refractivity contribution >= 4 is 17.6 Å². The highest BCUT2D eigenvalue weighted by molar-refractivity contribution is 6.05. The normalized spacial score (nSPS) is 18.7. The molecule has 2 amide bonds. The molecule has 34 heavy (non-hydrogen) atoms. The number of nitrogens with two attached hydrogens (primary N) is 1. The van der Waals surface area contributed by atoms with Gasteiger partial charge < -0.3 is 20.9 Å². The van der Waals surface area contributed by atoms with Gasteiger partial charge in [0.25, 0.3) is 0 Å². The van der Waals surface area contributed by atoms with Crippen molar-refractivity contribution in [3.63, 3.8) is 0 Å². The molecule has 7 heteroatoms. The summed E-state index contributed by atoms with van der Waals surface area (Å²) < 4.78 is 5.48. The van der Waals surface area contributed by atoms with Crippen LogP contribution in [0.25, 0.3) is 0 Å². The monoisotopic (exact) mass is 464 g/mol. The number of amides is 2. The number of urea groups is 1. The number of rotatable bonds is 6. The fourth-order valence-electron chi connectivity index (χ4n) is 3.87. The van der Waals surface area contributed by atoms with Crippen molar-refractivity contribution in [1.82, 2.24) is 10.6 Å². The van der Waals surface area contributed by atoms with E-state index in [2.05, 4.69) is 34.7 Å². The Hall–Kier alpha value is -3.32. The maximum atomic E-state index is 13.0. The number of fused-ring (bicyclic) bond motifs is 1. The number of carbonyl (C=O) groups is 1. The largest absolute Gasteiger partial charge is 0.491 e. The fourth-order valence-corrected chi connectivity index (χ4v) is 3.87. The third kappa shape index (κ3) is 6.84. The molecule has 0 fully saturated rings. The Morgan fingerprint density at radius 1 is 1.18 bits per heavy atom. The van der Waals surface area contributed by atoms with Crippen LogP contribution in [0.4, 0.5) is 10.5 Å². The Morgan fingerprint density at radius 3 is 2.62 bits per heavy atom. The summed E-state index contributed by atoms with van der Waals surface area (Å²) in [6.45, 7) is 8.34. The van der Waals surface area contributed by atoms with Gasteiger partial charge in [0.2, 0.25) is 0 Å². The lowest BCUT2D eigenvalue weighted by Gasteiger charge is -2.30. The van der Waals surface area contributed by atoms with Crippen LogP contribution in [-0.4, -0.2) is 30.2 Å². The number of nitrogens with one attached hydrogen (secondary N) is 2. The van der Waals surface area contributed by atoms with Crippen LogP contribution in [0.15, 0.2) is 65.3 Å². The lowest BCUT2D eigenvalue weighted by molar-refractivity contribution is 0.201. The number of carbonyl (C=O) groups excluding carboxylic acids is 1. The standard InChI is InChI=1S/C27H36N4O3/c1-18-12-13-23(22-11-6-5-10-21(18)22)30-26(33)31-25(17-24(28)27(2,3)4)29-19-8-7-9-20(16-19)34-15-14-32/h5-11,16-18,23,32H,12-15,28H2,1-4H3,(H2,29,30,31,33)/t18?,23-/m0/s1. The van der Waals surface area contributed by atoms with E-state index in [0.29, 0.717) is 28.9 Å². The van der Waals surface area contributed by atoms with Gasteiger partial charge in [-0.3, -0.25) is 5.32 Å². The SMILES string of the molecule is CC1CC[C@H](NC(=O)NC(C=C(N)C(C)(C)C)=Nc2cccc(OCCO)c2)c2ccccc21. The molecule has 3 rings (SSSR count). The van der Waals surface area contributed by atoms with Gasteiger partial charge in [-0.15, -0.1) is 0 Å². The number of benzene rings is 2. The van der Waals surface area contributed by atoms with Crippen LogP contribution in [0.5, 0.6) is 5.75 Å². The number of hydrogen-bond donors (Lipinski definition) is 4. The first-order valence-electron chi connectivity index (χ1n) is 11.7. The molecule has 0 radical (unpaired) electrons. The van der Waals surface area contributed by atoms with Crippen molar-refractivity contribution in [2.75, 3.05) is 13.2 Å². The van der Waals surface area contributed by atoms with Gasteiger partial charge >= 0.3 is 6.03 Å². The highest BCUT2D eigenvalue weighted by Crippen LogP contribution is 2.36. The minimum atomic E-state index is -0.334. The zero-order valence-electron chi connectivity index (χ0n) is 20.5. The van der Waals surface area contributed by atoms with Crippen LogP contribution in [0.1, 0.15) is 63.6 Å². The molecule has 0 aliphatic heterocycles. The van der Waals surface area contributed by atoms with Gasteiger partial charge in [0, 0.05) is 23.3 Å². The lowest BCUT2D eigenvalue weighted by atomic mass is 9.81. The van der Waals surface area contributed by atoms with Gasteiger partial charge in [-0.2, -0.15) is 0 Å². The van der Waals surface area contributed by atoms with Crippen LogP contribution >= 0.6 is 0 Å². The molecule has 0 spiro atoms. The summed E-state index contributed by atoms with van der Waals surface area (Å²) in [5.41, 5.74) is 9.64. The van der Waals surface area contributed by atoms with Gasteiger partial charge in [-0.25, -0.2) is 9.79 Å². The van der Waals surface area contributed by atoms with Gasteiger partial charge in [-0.1, -0.05) is 58.0 Å². The van der Waals surface area contributed by atoms with Crippen LogP contribution in [0.2, 0.25) is 0 Å². The molecule has 182 valence electrons. The predicted octanol–water partition coefficient (Wildman–Crippen LogP) is 4.91. The number of allylic oxidation sites excluding steroid dienone is 1. The van der Waals surface area contributed by atoms with E-state index in [1.165, 1.54) is 5.56 Å². The zero-order chi connectivity index (χ0) is 24.7. The fraction of sp³-hybridized carbons (Fsp3) is 0.407. The molecular weight excluding hydrogens is 428 g/mol. The summed E-state index contributed by atoms with van der Waals surface area (Å²) >= 11 is 0. The first kappa shape index (κ1) is 25.3. The Bertz CT molecular complexity index is 1060. The molecule has 0 bridgehead atoms. The molecule has 0 aromatic heterocycles. The van der Waals surface area contributed by atoms with Crippen molar-refractivity contribution in [2.24, 2.45) is 16.1 Å². The maximum Gasteiger partial charge on any atom is 0.320 e. The first-order chi connectivity index (χ1) is 16.2. The molecule has 2 aromatic rings. The number of aliphatic hydroxyl groups excluding tert-OH is 1. The Labute approximate surface area is 202 Å². The van der Waals surface area contributed by atoms with Crippen LogP contribution in [0, 0.1) is 5.41 Å². The highest BCUT2D eigenvalue weighted by Gasteiger charge is 2.26. The number of aliphatic imine (C=N–C) groups is 1. The molecule has 1 aliphatic carbocycles. The first-order valence-corrected chi connectivity index (χ1v) is 11.7. The number of nitrogens with zero attached hydrogens (tertiary/aromatic N) is 1. The summed E-state index contributed by atoms with van der Waals surface area (Å²) in [4.78, 5) is 17.6. The quantitative estimate of drug-likeness (QED) is 0.360. The Morgan fingerprint density at radius 2 is 1.91 bits per heavy atom. The molecule has 2 aromatic carbocycles. The minimum absolute atomic E-state index is 0.0622. The summed E-state index contributed by atoms with van der Waals surface area (Å²) in [5, 5.41) is 15.0. The van der Waals surface area contributed by atoms with Crippen molar-refractivity contribution in [3.8, 4) is 5.75 Å². The number of amidine groups is 1. The van der Waals surface area contributed by atoms with E-state index in [1.807, 2.05) is 39.0 Å². The molecule has 2 atom stereocenters. The van der Waals surface area contributed by atoms with E-state index in [0.717, 1.165) is 18.4 Å². The number of ether oxygens (including phenoxy) is 1. The third-order valence-corrected chi connectivity index (χ3v) is 5.92. The second-order valence-electron chi connectivity index (χ2n) is 9.67. The molecule has 5 N–H and O–H groups in total. The van der Waals surface area contributed by atoms with Crippen molar-refractivity contribution in [1.29, 1.82) is 0 Å². The van der Waals surface area contributed by atoms with E-state index < -0.39 is 0 Å². The Balaban J connectivity index is 1.83. The van der Waals surface area contributed by atoms with E-state index in [4.69, 9.17) is 15.6 Å². The second-order valence-corrected chi connectivity index (χ2v) is 9.67. The molecular formula is C27H36N4O3. The number of hydrogen-bond acceptors (Lipinski definition) is 5. The molecule has 1 unspecified atom stereocenters. The van der Waals surface area contributed by atoms with Crippen LogP contribution in [-0.2, 0) is 0 Å². The topological polar surface area (TPSA) is 109 Å². The van der Waals surface area contributed by atoms with Crippen molar-refractivity contribution in [3.05, 3.63) is 71.4 Å². The van der Waals surface area contributed by atoms with E-state index in [9.17, 15) is 4.79 Å². The van der Waals surface area contributed by atoms with Crippen LogP contribution < -0.4 is 21.1 Å². The van der Waals surface area contributed by atoms with Crippen molar-refractivity contribution < 1.29 is 14.6 Å². The lowest BCUT2D eigenvalue weighted by Crippen LogP contribution is -2.42. The third-order valence-electron chi connectivity index (χ3n) is 5.92. The molecule has 0 heterocycles. The van der Waals surface area contributed by atoms with Gasteiger partial charge in [-0.05, 0) is 42.0 Å². The van der Waals surface area contributed by atoms with Crippen LogP contribution in [0.3, 0.4) is 0 Å². The van der Waals surface area contributed by atoms with Gasteiger partial charge in [0.15, 0.2) is 0 Å². The maximum absolute atomic E-state index is 13.0. The van der Waals surface area contributed by atoms with E-state index in [-0.39, 0.29) is 30.7 Å². The van der Waals surface area contributed by atoms with Gasteiger partial charge in [0.05, 0.1) is 18.3 Å². The molecule has 7 nitrogen and oxygen atoms in total. The second kappa shape index (κ2) is 11.2. The summed E-state index contributed by atoms with van der Waals surface area (Å²) in [5.74, 6) is 1.39. The summed E-state index contributed by atoms with van der Waals surface area (Å²) in [6, 6.07) is 15.0. The molecule has 1 aliphatic rings. The van der Waals surface area contributed by atoms with Gasteiger partial charge in [0.1, 0.15) is 18.2 Å². The van der Waals surface area contributed by atoms with E-state index >= 15 is 0 Å². The highest BCUT2D eigenvalue weighted by atomic mass is 16.5. The predicted molar refractivity (Wildman–Crippen MR) is 136 cm³/mol. The minimum Gasteiger partial charge on any atom is -0.491 e. The number of aliphatic hydroxyl groups is 1. The average Bonchev–Trinajstić information content (AvgIpc) is 2.79. The Kier molecular flexibility index (Phi) is 8.34. The molecule has 0 saturated carbocycles. The summed E-state index contributed by atoms with van der Waals surface area (Å²) in [6.07, 6.45) is 3.58. The average molecular weight is 465 g/mol. The van der Waals surface area contributed by atoms with E-state index in [1.54, 1.807) is 24.3 Å². The zero-order valence-corrected chi connectivity index (χ0v) is 20.5. The van der Waals surface area contributed by atoms with Crippen molar-refractivity contribution in [2.45, 2.75) is 52.5 Å². The molecule has 0 saturated heterocycles. The smallest absolute Gasteiger partial charge is 0.320 e.